The molecule has 2 aliphatic rings. The summed E-state index contributed by atoms with van der Waals surface area (Å²) in [6, 6.07) is 0.853. The highest BCUT2D eigenvalue weighted by Gasteiger charge is 2.23. The lowest BCUT2D eigenvalue weighted by Crippen LogP contribution is -2.37. The highest BCUT2D eigenvalue weighted by atomic mass is 16.5. The molecule has 0 bridgehead atoms. The Bertz CT molecular complexity index is 116. The van der Waals surface area contributed by atoms with Crippen LogP contribution in [0.3, 0.4) is 0 Å². The minimum atomic E-state index is 0.853. The molecule has 0 aliphatic carbocycles. The molecule has 0 amide bonds. The zero-order chi connectivity index (χ0) is 11.5. The van der Waals surface area contributed by atoms with E-state index in [1.54, 1.807) is 0 Å². The Balaban J connectivity index is 0.000000442. The summed E-state index contributed by atoms with van der Waals surface area (Å²) in [6.07, 6.45) is 5.36. The fourth-order valence-electron chi connectivity index (χ4n) is 2.16. The Morgan fingerprint density at radius 3 is 1.80 bits per heavy atom. The van der Waals surface area contributed by atoms with Crippen molar-refractivity contribution in [3.63, 3.8) is 0 Å². The van der Waals surface area contributed by atoms with E-state index in [0.29, 0.717) is 0 Å². The van der Waals surface area contributed by atoms with E-state index in [-0.39, 0.29) is 0 Å². The molecule has 2 heterocycles. The molecule has 2 fully saturated rings. The number of ether oxygens (including phenoxy) is 1. The van der Waals surface area contributed by atoms with Crippen molar-refractivity contribution in [2.24, 2.45) is 0 Å². The maximum absolute atomic E-state index is 5.33. The molecule has 0 N–H and O–H groups in total. The van der Waals surface area contributed by atoms with Gasteiger partial charge in [-0.3, -0.25) is 0 Å². The zero-order valence-corrected chi connectivity index (χ0v) is 11.1. The van der Waals surface area contributed by atoms with Crippen LogP contribution in [0.1, 0.15) is 53.4 Å². The smallest absolute Gasteiger partial charge is 0.0480 e. The number of nitrogens with zero attached hydrogens (tertiary/aromatic N) is 1. The monoisotopic (exact) mass is 215 g/mol. The number of likely N-dealkylation sites (tertiary alicyclic amines) is 1. The van der Waals surface area contributed by atoms with Gasteiger partial charge in [-0.15, -0.1) is 0 Å². The Morgan fingerprint density at radius 1 is 0.867 bits per heavy atom. The summed E-state index contributed by atoms with van der Waals surface area (Å²) in [4.78, 5) is 2.64. The van der Waals surface area contributed by atoms with Gasteiger partial charge >= 0.3 is 0 Å². The number of hydrogen-bond acceptors (Lipinski definition) is 2. The van der Waals surface area contributed by atoms with E-state index in [4.69, 9.17) is 4.74 Å². The van der Waals surface area contributed by atoms with Gasteiger partial charge < -0.3 is 9.64 Å². The molecule has 92 valence electrons. The van der Waals surface area contributed by atoms with Crippen molar-refractivity contribution in [1.82, 2.24) is 4.90 Å². The van der Waals surface area contributed by atoms with Crippen LogP contribution >= 0.6 is 0 Å². The first-order valence-electron chi connectivity index (χ1n) is 6.78. The van der Waals surface area contributed by atoms with Gasteiger partial charge in [0.1, 0.15) is 0 Å². The molecule has 2 heteroatoms. The summed E-state index contributed by atoms with van der Waals surface area (Å²) >= 11 is 0. The van der Waals surface area contributed by atoms with Gasteiger partial charge in [0.15, 0.2) is 0 Å². The van der Waals surface area contributed by atoms with Crippen molar-refractivity contribution in [3.8, 4) is 0 Å². The van der Waals surface area contributed by atoms with E-state index < -0.39 is 0 Å². The second-order valence-corrected chi connectivity index (χ2v) is 3.59. The predicted octanol–water partition coefficient (Wildman–Crippen LogP) is 3.31. The number of hydrogen-bond donors (Lipinski definition) is 0. The average molecular weight is 215 g/mol. The third kappa shape index (κ3) is 5.53. The summed E-state index contributed by atoms with van der Waals surface area (Å²) in [5.41, 5.74) is 0. The fraction of sp³-hybridized carbons (Fsp3) is 1.00. The van der Waals surface area contributed by atoms with E-state index in [1.165, 1.54) is 38.8 Å². The van der Waals surface area contributed by atoms with Crippen molar-refractivity contribution in [2.45, 2.75) is 59.4 Å². The molecule has 0 aromatic heterocycles. The molecule has 2 saturated heterocycles. The maximum Gasteiger partial charge on any atom is 0.0480 e. The van der Waals surface area contributed by atoms with Crippen molar-refractivity contribution in [3.05, 3.63) is 0 Å². The van der Waals surface area contributed by atoms with Gasteiger partial charge in [0.05, 0.1) is 0 Å². The standard InChI is InChI=1S/C9H17NO.2C2H6/c1-2-6-10(5-1)9-3-7-11-8-4-9;2*1-2/h9H,1-8H2;2*1-2H3. The van der Waals surface area contributed by atoms with Gasteiger partial charge in [-0.25, -0.2) is 0 Å². The molecule has 0 aromatic carbocycles. The molecule has 15 heavy (non-hydrogen) atoms. The Labute approximate surface area is 96.0 Å². The second-order valence-electron chi connectivity index (χ2n) is 3.59. The summed E-state index contributed by atoms with van der Waals surface area (Å²) < 4.78 is 5.33. The van der Waals surface area contributed by atoms with Crippen LogP contribution in [0.2, 0.25) is 0 Å². The van der Waals surface area contributed by atoms with Gasteiger partial charge in [-0.2, -0.15) is 0 Å². The largest absolute Gasteiger partial charge is 0.381 e. The molecular formula is C13H29NO. The molecule has 0 atom stereocenters. The Morgan fingerprint density at radius 2 is 1.33 bits per heavy atom. The molecule has 2 aliphatic heterocycles. The average Bonchev–Trinajstić information content (AvgIpc) is 2.89. The zero-order valence-electron chi connectivity index (χ0n) is 11.1. The van der Waals surface area contributed by atoms with Gasteiger partial charge in [0, 0.05) is 19.3 Å². The summed E-state index contributed by atoms with van der Waals surface area (Å²) in [5.74, 6) is 0. The van der Waals surface area contributed by atoms with Gasteiger partial charge in [-0.05, 0) is 38.8 Å². The quantitative estimate of drug-likeness (QED) is 0.665. The normalized spacial score (nSPS) is 22.4. The predicted molar refractivity (Wildman–Crippen MR) is 67.3 cm³/mol. The molecule has 0 saturated carbocycles. The van der Waals surface area contributed by atoms with E-state index in [9.17, 15) is 0 Å². The van der Waals surface area contributed by atoms with Crippen molar-refractivity contribution in [1.29, 1.82) is 0 Å². The first-order valence-corrected chi connectivity index (χ1v) is 6.78. The van der Waals surface area contributed by atoms with Crippen molar-refractivity contribution < 1.29 is 4.74 Å². The van der Waals surface area contributed by atoms with Gasteiger partial charge in [0.25, 0.3) is 0 Å². The van der Waals surface area contributed by atoms with Crippen LogP contribution in [0.15, 0.2) is 0 Å². The highest BCUT2D eigenvalue weighted by Crippen LogP contribution is 2.19. The van der Waals surface area contributed by atoms with Crippen molar-refractivity contribution >= 4 is 0 Å². The molecule has 2 rings (SSSR count). The van der Waals surface area contributed by atoms with E-state index in [2.05, 4.69) is 4.90 Å². The fourth-order valence-corrected chi connectivity index (χ4v) is 2.16. The minimum Gasteiger partial charge on any atom is -0.381 e. The first kappa shape index (κ1) is 14.9. The second kappa shape index (κ2) is 10.4. The van der Waals surface area contributed by atoms with Crippen LogP contribution < -0.4 is 0 Å². The number of rotatable bonds is 1. The molecular weight excluding hydrogens is 186 g/mol. The molecule has 2 nitrogen and oxygen atoms in total. The topological polar surface area (TPSA) is 12.5 Å². The minimum absolute atomic E-state index is 0.853. The van der Waals surface area contributed by atoms with Gasteiger partial charge in [-0.1, -0.05) is 27.7 Å². The van der Waals surface area contributed by atoms with E-state index >= 15 is 0 Å². The molecule has 0 radical (unpaired) electrons. The van der Waals surface area contributed by atoms with Crippen LogP contribution in [-0.4, -0.2) is 37.2 Å². The van der Waals surface area contributed by atoms with Crippen LogP contribution in [-0.2, 0) is 4.74 Å². The highest BCUT2D eigenvalue weighted by molar-refractivity contribution is 4.77. The van der Waals surface area contributed by atoms with Crippen LogP contribution in [0.4, 0.5) is 0 Å². The Kier molecular flexibility index (Phi) is 10.4. The third-order valence-corrected chi connectivity index (χ3v) is 2.85. The summed E-state index contributed by atoms with van der Waals surface area (Å²) in [5, 5.41) is 0. The maximum atomic E-state index is 5.33. The van der Waals surface area contributed by atoms with Crippen LogP contribution in [0.5, 0.6) is 0 Å². The Hall–Kier alpha value is -0.0800. The van der Waals surface area contributed by atoms with Crippen LogP contribution in [0.25, 0.3) is 0 Å². The van der Waals surface area contributed by atoms with Crippen LogP contribution in [0, 0.1) is 0 Å². The third-order valence-electron chi connectivity index (χ3n) is 2.85. The summed E-state index contributed by atoms with van der Waals surface area (Å²) in [7, 11) is 0. The van der Waals surface area contributed by atoms with E-state index in [0.717, 1.165) is 19.3 Å². The lowest BCUT2D eigenvalue weighted by atomic mass is 10.1. The first-order chi connectivity index (χ1) is 7.47. The lowest BCUT2D eigenvalue weighted by molar-refractivity contribution is 0.0424. The summed E-state index contributed by atoms with van der Waals surface area (Å²) in [6.45, 7) is 12.7. The molecule has 0 unspecified atom stereocenters. The SMILES string of the molecule is C1CCN(C2CCOCC2)C1.CC.CC. The molecule has 0 spiro atoms. The van der Waals surface area contributed by atoms with E-state index in [1.807, 2.05) is 27.7 Å². The van der Waals surface area contributed by atoms with Gasteiger partial charge in [0.2, 0.25) is 0 Å². The van der Waals surface area contributed by atoms with Crippen molar-refractivity contribution in [2.75, 3.05) is 26.3 Å². The lowest BCUT2D eigenvalue weighted by Gasteiger charge is -2.30. The molecule has 0 aromatic rings.